The molecule has 0 spiro atoms. The zero-order valence-corrected chi connectivity index (χ0v) is 9.41. The maximum Gasteiger partial charge on any atom is 0.219 e. The third kappa shape index (κ3) is 2.60. The van der Waals surface area contributed by atoms with Crippen LogP contribution in [0.4, 0.5) is 0 Å². The fourth-order valence-corrected chi connectivity index (χ4v) is 1.45. The highest BCUT2D eigenvalue weighted by Crippen LogP contribution is 2.18. The highest BCUT2D eigenvalue weighted by Gasteiger charge is 1.98. The summed E-state index contributed by atoms with van der Waals surface area (Å²) in [6, 6.07) is 12.9. The average Bonchev–Trinajstić information content (AvgIpc) is 2.40. The summed E-state index contributed by atoms with van der Waals surface area (Å²) in [5.74, 6) is 1.32. The van der Waals surface area contributed by atoms with Gasteiger partial charge >= 0.3 is 0 Å². The molecule has 0 amide bonds. The summed E-state index contributed by atoms with van der Waals surface area (Å²) >= 11 is 0. The van der Waals surface area contributed by atoms with Crippen LogP contribution in [0.1, 0.15) is 0 Å². The first kappa shape index (κ1) is 11.1. The summed E-state index contributed by atoms with van der Waals surface area (Å²) in [7, 11) is 1.63. The molecule has 0 unspecified atom stereocenters. The number of nitrogens with zero attached hydrogens (tertiary/aromatic N) is 2. The van der Waals surface area contributed by atoms with Crippen molar-refractivity contribution in [3.05, 3.63) is 54.1 Å². The molecule has 86 valence electrons. The summed E-state index contributed by atoms with van der Waals surface area (Å²) in [5, 5.41) is 0. The zero-order valence-electron chi connectivity index (χ0n) is 9.41. The van der Waals surface area contributed by atoms with Gasteiger partial charge in [-0.2, -0.15) is 0 Å². The predicted octanol–water partition coefficient (Wildman–Crippen LogP) is 1.85. The second kappa shape index (κ2) is 5.12. The maximum atomic E-state index is 10.8. The van der Waals surface area contributed by atoms with Crippen LogP contribution in [-0.4, -0.2) is 18.0 Å². The highest BCUT2D eigenvalue weighted by atomic mass is 16.5. The Balaban J connectivity index is 2.32. The van der Waals surface area contributed by atoms with E-state index in [9.17, 15) is 4.79 Å². The summed E-state index contributed by atoms with van der Waals surface area (Å²) in [6.07, 6.45) is 2.29. The Morgan fingerprint density at radius 2 is 1.88 bits per heavy atom. The predicted molar refractivity (Wildman–Crippen MR) is 64.6 cm³/mol. The number of pyridine rings is 1. The Bertz CT molecular complexity index is 573. The Labute approximate surface area is 98.8 Å². The van der Waals surface area contributed by atoms with Crippen LogP contribution < -0.4 is 10.2 Å². The molecule has 0 radical (unpaired) electrons. The van der Waals surface area contributed by atoms with Crippen LogP contribution in [-0.2, 0) is 4.79 Å². The van der Waals surface area contributed by atoms with Gasteiger partial charge in [-0.1, -0.05) is 18.2 Å². The number of aromatic nitrogens is 1. The van der Waals surface area contributed by atoms with Gasteiger partial charge in [-0.3, -0.25) is 14.4 Å². The molecule has 1 aromatic carbocycles. The molecule has 4 nitrogen and oxygen atoms in total. The van der Waals surface area contributed by atoms with Gasteiger partial charge in [0.05, 0.1) is 6.20 Å². The van der Waals surface area contributed by atoms with Gasteiger partial charge in [0, 0.05) is 7.05 Å². The Kier molecular flexibility index (Phi) is 3.35. The average molecular weight is 228 g/mol. The van der Waals surface area contributed by atoms with Crippen LogP contribution in [0.2, 0.25) is 0 Å². The molecule has 0 saturated heterocycles. The third-order valence-electron chi connectivity index (χ3n) is 2.25. The first-order chi connectivity index (χ1) is 8.33. The molecule has 0 N–H and O–H groups in total. The molecule has 0 bridgehead atoms. The zero-order chi connectivity index (χ0) is 12.1. The number of para-hydroxylation sites is 1. The molecule has 0 atom stereocenters. The second-order valence-corrected chi connectivity index (χ2v) is 3.37. The molecule has 4 heteroatoms. The number of hydrogen-bond acceptors (Lipinski definition) is 3. The lowest BCUT2D eigenvalue weighted by atomic mass is 10.3. The Morgan fingerprint density at radius 1 is 1.12 bits per heavy atom. The summed E-state index contributed by atoms with van der Waals surface area (Å²) < 4.78 is 6.97. The first-order valence-electron chi connectivity index (χ1n) is 5.16. The molecule has 0 aliphatic carbocycles. The fraction of sp³-hybridized carbons (Fsp3) is 0.0769. The van der Waals surface area contributed by atoms with E-state index in [0.717, 1.165) is 5.75 Å². The number of carbonyl (C=O) groups is 1. The van der Waals surface area contributed by atoms with Crippen molar-refractivity contribution in [2.45, 2.75) is 0 Å². The van der Waals surface area contributed by atoms with Gasteiger partial charge < -0.3 is 4.74 Å². The van der Waals surface area contributed by atoms with E-state index in [2.05, 4.69) is 4.99 Å². The van der Waals surface area contributed by atoms with E-state index in [-0.39, 0.29) is 0 Å². The van der Waals surface area contributed by atoms with E-state index in [1.54, 1.807) is 25.4 Å². The van der Waals surface area contributed by atoms with Crippen molar-refractivity contribution in [1.29, 1.82) is 0 Å². The first-order valence-corrected chi connectivity index (χ1v) is 5.16. The molecule has 17 heavy (non-hydrogen) atoms. The number of benzene rings is 1. The van der Waals surface area contributed by atoms with Crippen molar-refractivity contribution in [1.82, 2.24) is 4.57 Å². The quantitative estimate of drug-likeness (QED) is 0.752. The smallest absolute Gasteiger partial charge is 0.219 e. The molecular weight excluding hydrogens is 216 g/mol. The summed E-state index contributed by atoms with van der Waals surface area (Å²) in [5.41, 5.74) is 0.584. The lowest BCUT2D eigenvalue weighted by molar-refractivity contribution is 0.476. The topological polar surface area (TPSA) is 43.6 Å². The molecule has 1 heterocycles. The van der Waals surface area contributed by atoms with Crippen LogP contribution in [0.15, 0.2) is 53.7 Å². The molecule has 0 aliphatic heterocycles. The van der Waals surface area contributed by atoms with Crippen LogP contribution in [0.25, 0.3) is 0 Å². The van der Waals surface area contributed by atoms with Crippen LogP contribution in [0, 0.1) is 0 Å². The monoisotopic (exact) mass is 228 g/mol. The maximum absolute atomic E-state index is 10.8. The van der Waals surface area contributed by atoms with E-state index in [1.165, 1.54) is 4.57 Å². The van der Waals surface area contributed by atoms with Crippen molar-refractivity contribution in [3.63, 3.8) is 0 Å². The fourth-order valence-electron chi connectivity index (χ4n) is 1.45. The van der Waals surface area contributed by atoms with Crippen molar-refractivity contribution in [2.24, 2.45) is 4.99 Å². The summed E-state index contributed by atoms with van der Waals surface area (Å²) in [6.45, 7) is 0. The van der Waals surface area contributed by atoms with Gasteiger partial charge in [-0.25, -0.2) is 0 Å². The van der Waals surface area contributed by atoms with Gasteiger partial charge in [-0.05, 0) is 24.3 Å². The van der Waals surface area contributed by atoms with Crippen LogP contribution in [0.5, 0.6) is 11.5 Å². The van der Waals surface area contributed by atoms with Gasteiger partial charge in [0.25, 0.3) is 0 Å². The Hall–Kier alpha value is -2.36. The van der Waals surface area contributed by atoms with Crippen molar-refractivity contribution < 1.29 is 9.53 Å². The number of ether oxygens (including phenoxy) is 1. The second-order valence-electron chi connectivity index (χ2n) is 3.37. The molecule has 1 aromatic heterocycles. The van der Waals surface area contributed by atoms with E-state index < -0.39 is 0 Å². The van der Waals surface area contributed by atoms with Crippen LogP contribution in [0.3, 0.4) is 0 Å². The molecule has 2 aromatic rings. The van der Waals surface area contributed by atoms with Gasteiger partial charge in [0.1, 0.15) is 17.0 Å². The molecule has 0 aliphatic rings. The molecule has 2 rings (SSSR count). The SMILES string of the molecule is C/N=c1/ccc(Oc2ccccc2)cn1C=O. The van der Waals surface area contributed by atoms with E-state index in [1.807, 2.05) is 30.3 Å². The minimum Gasteiger partial charge on any atom is -0.456 e. The van der Waals surface area contributed by atoms with Crippen LogP contribution >= 0.6 is 0 Å². The number of rotatable bonds is 3. The minimum absolute atomic E-state index is 0.584. The Morgan fingerprint density at radius 3 is 2.53 bits per heavy atom. The largest absolute Gasteiger partial charge is 0.456 e. The molecule has 0 saturated carbocycles. The van der Waals surface area contributed by atoms with Crippen molar-refractivity contribution in [2.75, 3.05) is 7.05 Å². The standard InChI is InChI=1S/C13H12N2O2/c1-14-13-8-7-12(9-15(13)10-16)17-11-5-3-2-4-6-11/h2-10H,1H3/b14-13-. The number of hydrogen-bond donors (Lipinski definition) is 0. The number of carbonyl (C=O) groups excluding carboxylic acids is 1. The van der Waals surface area contributed by atoms with E-state index >= 15 is 0 Å². The van der Waals surface area contributed by atoms with Gasteiger partial charge in [0.2, 0.25) is 6.41 Å². The summed E-state index contributed by atoms with van der Waals surface area (Å²) in [4.78, 5) is 14.8. The third-order valence-corrected chi connectivity index (χ3v) is 2.25. The van der Waals surface area contributed by atoms with E-state index in [4.69, 9.17) is 4.74 Å². The lowest BCUT2D eigenvalue weighted by Gasteiger charge is -2.06. The van der Waals surface area contributed by atoms with Gasteiger partial charge in [0.15, 0.2) is 0 Å². The lowest BCUT2D eigenvalue weighted by Crippen LogP contribution is -2.19. The normalized spacial score (nSPS) is 11.2. The van der Waals surface area contributed by atoms with Gasteiger partial charge in [-0.15, -0.1) is 0 Å². The molecule has 0 fully saturated rings. The van der Waals surface area contributed by atoms with E-state index in [0.29, 0.717) is 17.6 Å². The van der Waals surface area contributed by atoms with Crippen molar-refractivity contribution >= 4 is 6.41 Å². The molecular formula is C13H12N2O2. The van der Waals surface area contributed by atoms with Crippen molar-refractivity contribution in [3.8, 4) is 11.5 Å². The minimum atomic E-state index is 0.584. The highest BCUT2D eigenvalue weighted by molar-refractivity contribution is 5.52.